The van der Waals surface area contributed by atoms with Crippen LogP contribution in [0, 0.1) is 0 Å². The summed E-state index contributed by atoms with van der Waals surface area (Å²) in [5.74, 6) is -0.182. The Hall–Kier alpha value is -0.420. The second-order valence-corrected chi connectivity index (χ2v) is 3.46. The maximum Gasteiger partial charge on any atom is 0.466 e. The van der Waals surface area contributed by atoms with Crippen molar-refractivity contribution in [1.29, 1.82) is 0 Å². The number of hydrogen-bond acceptors (Lipinski definition) is 2. The Balaban J connectivity index is 0. The van der Waals surface area contributed by atoms with Crippen LogP contribution in [0.4, 0.5) is 0 Å². The molecule has 13 heavy (non-hydrogen) atoms. The molecule has 0 unspecified atom stereocenters. The third kappa shape index (κ3) is 50.7. The van der Waals surface area contributed by atoms with Crippen LogP contribution < -0.4 is 5.73 Å². The van der Waals surface area contributed by atoms with Gasteiger partial charge in [0, 0.05) is 6.42 Å². The predicted molar refractivity (Wildman–Crippen MR) is 47.6 cm³/mol. The second kappa shape index (κ2) is 8.19. The molecule has 0 aliphatic carbocycles. The molecule has 0 fully saturated rings. The average molecular weight is 213 g/mol. The number of unbranched alkanes of at least 4 members (excludes halogenated alkanes) is 2. The molecule has 1 amide bonds. The van der Waals surface area contributed by atoms with Crippen LogP contribution >= 0.6 is 7.82 Å². The van der Waals surface area contributed by atoms with Crippen molar-refractivity contribution >= 4 is 13.7 Å². The minimum absolute atomic E-state index is 0.182. The lowest BCUT2D eigenvalue weighted by atomic mass is 10.2. The molecular weight excluding hydrogens is 197 g/mol. The van der Waals surface area contributed by atoms with E-state index in [0.717, 1.165) is 19.3 Å². The third-order valence-electron chi connectivity index (χ3n) is 1.03. The van der Waals surface area contributed by atoms with Gasteiger partial charge in [-0.15, -0.1) is 0 Å². The summed E-state index contributed by atoms with van der Waals surface area (Å²) in [7, 11) is -4.64. The van der Waals surface area contributed by atoms with Gasteiger partial charge in [0.2, 0.25) is 5.91 Å². The molecule has 0 atom stereocenters. The lowest BCUT2D eigenvalue weighted by molar-refractivity contribution is -0.118. The second-order valence-electron chi connectivity index (χ2n) is 2.44. The van der Waals surface area contributed by atoms with Crippen molar-refractivity contribution < 1.29 is 24.0 Å². The Morgan fingerprint density at radius 2 is 1.69 bits per heavy atom. The highest BCUT2D eigenvalue weighted by Crippen LogP contribution is 2.25. The van der Waals surface area contributed by atoms with Crippen molar-refractivity contribution in [3.05, 3.63) is 0 Å². The number of hydrogen-bond donors (Lipinski definition) is 4. The Labute approximate surface area is 77.0 Å². The minimum Gasteiger partial charge on any atom is -0.370 e. The summed E-state index contributed by atoms with van der Waals surface area (Å²) in [4.78, 5) is 31.7. The predicted octanol–water partition coefficient (Wildman–Crippen LogP) is 0.123. The molecule has 0 aromatic carbocycles. The van der Waals surface area contributed by atoms with E-state index >= 15 is 0 Å². The highest BCUT2D eigenvalue weighted by molar-refractivity contribution is 7.45. The average Bonchev–Trinajstić information content (AvgIpc) is 1.83. The zero-order valence-corrected chi connectivity index (χ0v) is 8.41. The van der Waals surface area contributed by atoms with E-state index in [1.807, 2.05) is 0 Å². The molecule has 0 aliphatic heterocycles. The Morgan fingerprint density at radius 1 is 1.31 bits per heavy atom. The number of primary amides is 1. The molecule has 0 spiro atoms. The van der Waals surface area contributed by atoms with Gasteiger partial charge in [-0.25, -0.2) is 4.57 Å². The standard InChI is InChI=1S/C6H13NO.H3O4P/c1-2-3-4-5-6(7)8;1-5(2,3)4/h2-5H2,1H3,(H2,7,8);(H3,1,2,3,4). The van der Waals surface area contributed by atoms with Crippen molar-refractivity contribution in [2.75, 3.05) is 0 Å². The van der Waals surface area contributed by atoms with E-state index in [9.17, 15) is 4.79 Å². The fourth-order valence-corrected chi connectivity index (χ4v) is 0.549. The van der Waals surface area contributed by atoms with Crippen LogP contribution in [-0.4, -0.2) is 20.6 Å². The van der Waals surface area contributed by atoms with E-state index < -0.39 is 7.82 Å². The van der Waals surface area contributed by atoms with Gasteiger partial charge in [-0.2, -0.15) is 0 Å². The maximum absolute atomic E-state index is 10.1. The minimum atomic E-state index is -4.64. The molecule has 0 bridgehead atoms. The first-order chi connectivity index (χ1) is 5.77. The molecular formula is C6H16NO5P. The number of nitrogens with two attached hydrogens (primary N) is 1. The van der Waals surface area contributed by atoms with Gasteiger partial charge in [0.25, 0.3) is 0 Å². The topological polar surface area (TPSA) is 121 Å². The Kier molecular flexibility index (Phi) is 9.50. The maximum atomic E-state index is 10.1. The fourth-order valence-electron chi connectivity index (χ4n) is 0.549. The Morgan fingerprint density at radius 3 is 1.92 bits per heavy atom. The van der Waals surface area contributed by atoms with Gasteiger partial charge < -0.3 is 20.4 Å². The first-order valence-corrected chi connectivity index (χ1v) is 5.40. The van der Waals surface area contributed by atoms with Gasteiger partial charge in [0.15, 0.2) is 0 Å². The summed E-state index contributed by atoms with van der Waals surface area (Å²) < 4.78 is 8.88. The van der Waals surface area contributed by atoms with E-state index in [1.165, 1.54) is 0 Å². The van der Waals surface area contributed by atoms with Gasteiger partial charge in [-0.1, -0.05) is 19.8 Å². The van der Waals surface area contributed by atoms with Crippen LogP contribution in [0.25, 0.3) is 0 Å². The van der Waals surface area contributed by atoms with E-state index in [0.29, 0.717) is 6.42 Å². The molecule has 0 aromatic heterocycles. The highest BCUT2D eigenvalue weighted by atomic mass is 31.2. The fraction of sp³-hybridized carbons (Fsp3) is 0.833. The van der Waals surface area contributed by atoms with E-state index in [2.05, 4.69) is 6.92 Å². The van der Waals surface area contributed by atoms with E-state index in [4.69, 9.17) is 25.0 Å². The molecule has 0 heterocycles. The van der Waals surface area contributed by atoms with Crippen molar-refractivity contribution in [2.24, 2.45) is 5.73 Å². The zero-order valence-electron chi connectivity index (χ0n) is 7.51. The molecule has 0 saturated heterocycles. The SMILES string of the molecule is CCCCCC(N)=O.O=P(O)(O)O. The Bertz CT molecular complexity index is 170. The summed E-state index contributed by atoms with van der Waals surface area (Å²) in [5.41, 5.74) is 4.89. The molecule has 0 saturated carbocycles. The lowest BCUT2D eigenvalue weighted by Gasteiger charge is -1.90. The zero-order chi connectivity index (χ0) is 10.9. The summed E-state index contributed by atoms with van der Waals surface area (Å²) in [6.07, 6.45) is 3.76. The van der Waals surface area contributed by atoms with Crippen molar-refractivity contribution in [3.63, 3.8) is 0 Å². The molecule has 5 N–H and O–H groups in total. The molecule has 0 aliphatic rings. The summed E-state index contributed by atoms with van der Waals surface area (Å²) in [6, 6.07) is 0. The molecule has 0 aromatic rings. The van der Waals surface area contributed by atoms with Crippen molar-refractivity contribution in [1.82, 2.24) is 0 Å². The summed E-state index contributed by atoms with van der Waals surface area (Å²) in [6.45, 7) is 2.10. The van der Waals surface area contributed by atoms with E-state index in [1.54, 1.807) is 0 Å². The van der Waals surface area contributed by atoms with Gasteiger partial charge in [-0.3, -0.25) is 4.79 Å². The quantitative estimate of drug-likeness (QED) is 0.390. The van der Waals surface area contributed by atoms with Crippen LogP contribution in [0.1, 0.15) is 32.6 Å². The van der Waals surface area contributed by atoms with Gasteiger partial charge in [0.05, 0.1) is 0 Å². The van der Waals surface area contributed by atoms with Crippen molar-refractivity contribution in [3.8, 4) is 0 Å². The van der Waals surface area contributed by atoms with E-state index in [-0.39, 0.29) is 5.91 Å². The lowest BCUT2D eigenvalue weighted by Crippen LogP contribution is -2.09. The molecule has 80 valence electrons. The molecule has 6 nitrogen and oxygen atoms in total. The summed E-state index contributed by atoms with van der Waals surface area (Å²) in [5, 5.41) is 0. The first kappa shape index (κ1) is 15.1. The van der Waals surface area contributed by atoms with Crippen LogP contribution in [0.2, 0.25) is 0 Å². The monoisotopic (exact) mass is 213 g/mol. The van der Waals surface area contributed by atoms with Crippen molar-refractivity contribution in [2.45, 2.75) is 32.6 Å². The molecule has 7 heteroatoms. The number of rotatable bonds is 4. The molecule has 0 radical (unpaired) electrons. The third-order valence-corrected chi connectivity index (χ3v) is 1.03. The van der Waals surface area contributed by atoms with Crippen LogP contribution in [0.3, 0.4) is 0 Å². The first-order valence-electron chi connectivity index (χ1n) is 3.84. The summed E-state index contributed by atoms with van der Waals surface area (Å²) >= 11 is 0. The normalized spacial score (nSPS) is 10.2. The number of carbonyl (C=O) groups excluding carboxylic acids is 1. The smallest absolute Gasteiger partial charge is 0.370 e. The largest absolute Gasteiger partial charge is 0.466 e. The van der Waals surface area contributed by atoms with Gasteiger partial charge >= 0.3 is 7.82 Å². The number of carbonyl (C=O) groups is 1. The van der Waals surface area contributed by atoms with Gasteiger partial charge in [0.1, 0.15) is 0 Å². The van der Waals surface area contributed by atoms with Gasteiger partial charge in [-0.05, 0) is 6.42 Å². The number of phosphoric acid groups is 1. The highest BCUT2D eigenvalue weighted by Gasteiger charge is 2.00. The van der Waals surface area contributed by atoms with Crippen LogP contribution in [0.5, 0.6) is 0 Å². The number of amides is 1. The van der Waals surface area contributed by atoms with Crippen LogP contribution in [-0.2, 0) is 9.36 Å². The van der Waals surface area contributed by atoms with Crippen LogP contribution in [0.15, 0.2) is 0 Å². The molecule has 0 rings (SSSR count).